The fourth-order valence-corrected chi connectivity index (χ4v) is 1.57. The standard InChI is InChI=1S/C12H19NO2/c1-4-14-8-15-12-9(2)5-11(7-13)6-10(12)3/h5-6H,4,7-8,13H2,1-3H3. The zero-order chi connectivity index (χ0) is 11.3. The van der Waals surface area contributed by atoms with Crippen LogP contribution in [-0.2, 0) is 11.3 Å². The molecule has 0 heterocycles. The monoisotopic (exact) mass is 209 g/mol. The van der Waals surface area contributed by atoms with E-state index in [2.05, 4.69) is 0 Å². The van der Waals surface area contributed by atoms with Crippen molar-refractivity contribution in [2.75, 3.05) is 13.4 Å². The molecule has 1 rings (SSSR count). The molecule has 0 fully saturated rings. The fourth-order valence-electron chi connectivity index (χ4n) is 1.57. The highest BCUT2D eigenvalue weighted by molar-refractivity contribution is 5.43. The first-order valence-corrected chi connectivity index (χ1v) is 5.19. The first-order chi connectivity index (χ1) is 7.19. The SMILES string of the molecule is CCOCOc1c(C)cc(CN)cc1C. The summed E-state index contributed by atoms with van der Waals surface area (Å²) in [7, 11) is 0. The number of aryl methyl sites for hydroxylation is 2. The Morgan fingerprint density at radius 2 is 1.80 bits per heavy atom. The highest BCUT2D eigenvalue weighted by atomic mass is 16.7. The average Bonchev–Trinajstić information content (AvgIpc) is 2.22. The summed E-state index contributed by atoms with van der Waals surface area (Å²) in [6.45, 7) is 7.52. The molecule has 2 N–H and O–H groups in total. The van der Waals surface area contributed by atoms with Gasteiger partial charge in [0.2, 0.25) is 0 Å². The van der Waals surface area contributed by atoms with Gasteiger partial charge < -0.3 is 15.2 Å². The lowest BCUT2D eigenvalue weighted by Gasteiger charge is -2.13. The fraction of sp³-hybridized carbons (Fsp3) is 0.500. The second-order valence-corrected chi connectivity index (χ2v) is 3.52. The summed E-state index contributed by atoms with van der Waals surface area (Å²) in [6.07, 6.45) is 0. The van der Waals surface area contributed by atoms with E-state index in [0.717, 1.165) is 22.4 Å². The van der Waals surface area contributed by atoms with Gasteiger partial charge in [0.05, 0.1) is 0 Å². The molecule has 0 radical (unpaired) electrons. The minimum absolute atomic E-state index is 0.306. The molecule has 1 aromatic rings. The van der Waals surface area contributed by atoms with Crippen molar-refractivity contribution in [3.05, 3.63) is 28.8 Å². The van der Waals surface area contributed by atoms with Gasteiger partial charge in [-0.3, -0.25) is 0 Å². The minimum atomic E-state index is 0.306. The summed E-state index contributed by atoms with van der Waals surface area (Å²) >= 11 is 0. The second-order valence-electron chi connectivity index (χ2n) is 3.52. The van der Waals surface area contributed by atoms with Gasteiger partial charge in [-0.15, -0.1) is 0 Å². The number of ether oxygens (including phenoxy) is 2. The van der Waals surface area contributed by atoms with Crippen LogP contribution in [0.1, 0.15) is 23.6 Å². The maximum atomic E-state index is 5.59. The van der Waals surface area contributed by atoms with Crippen LogP contribution in [0.4, 0.5) is 0 Å². The number of hydrogen-bond acceptors (Lipinski definition) is 3. The molecule has 3 heteroatoms. The highest BCUT2D eigenvalue weighted by Gasteiger charge is 2.05. The van der Waals surface area contributed by atoms with E-state index in [1.54, 1.807) is 0 Å². The quantitative estimate of drug-likeness (QED) is 0.597. The molecule has 15 heavy (non-hydrogen) atoms. The molecule has 84 valence electrons. The van der Waals surface area contributed by atoms with E-state index in [0.29, 0.717) is 19.9 Å². The maximum Gasteiger partial charge on any atom is 0.189 e. The van der Waals surface area contributed by atoms with Crippen molar-refractivity contribution >= 4 is 0 Å². The topological polar surface area (TPSA) is 44.5 Å². The van der Waals surface area contributed by atoms with Gasteiger partial charge in [-0.1, -0.05) is 12.1 Å². The first kappa shape index (κ1) is 12.0. The lowest BCUT2D eigenvalue weighted by molar-refractivity contribution is 0.0216. The molecule has 0 aliphatic carbocycles. The number of rotatable bonds is 5. The Morgan fingerprint density at radius 1 is 1.20 bits per heavy atom. The third kappa shape index (κ3) is 3.22. The van der Waals surface area contributed by atoms with E-state index in [1.807, 2.05) is 32.9 Å². The van der Waals surface area contributed by atoms with Crippen molar-refractivity contribution in [3.63, 3.8) is 0 Å². The number of benzene rings is 1. The van der Waals surface area contributed by atoms with E-state index in [4.69, 9.17) is 15.2 Å². The number of nitrogens with two attached hydrogens (primary N) is 1. The van der Waals surface area contributed by atoms with E-state index in [1.165, 1.54) is 0 Å². The van der Waals surface area contributed by atoms with Gasteiger partial charge >= 0.3 is 0 Å². The first-order valence-electron chi connectivity index (χ1n) is 5.19. The molecular formula is C12H19NO2. The summed E-state index contributed by atoms with van der Waals surface area (Å²) in [4.78, 5) is 0. The van der Waals surface area contributed by atoms with Crippen LogP contribution in [0.5, 0.6) is 5.75 Å². The molecule has 0 amide bonds. The minimum Gasteiger partial charge on any atom is -0.467 e. The molecule has 0 aliphatic heterocycles. The lowest BCUT2D eigenvalue weighted by atomic mass is 10.1. The molecule has 0 aliphatic rings. The molecule has 0 saturated heterocycles. The third-order valence-electron chi connectivity index (χ3n) is 2.25. The van der Waals surface area contributed by atoms with Crippen molar-refractivity contribution in [1.82, 2.24) is 0 Å². The number of hydrogen-bond donors (Lipinski definition) is 1. The predicted molar refractivity (Wildman–Crippen MR) is 60.9 cm³/mol. The van der Waals surface area contributed by atoms with Crippen molar-refractivity contribution in [2.45, 2.75) is 27.3 Å². The van der Waals surface area contributed by atoms with Gasteiger partial charge in [-0.25, -0.2) is 0 Å². The van der Waals surface area contributed by atoms with Gasteiger partial charge in [0.15, 0.2) is 6.79 Å². The van der Waals surface area contributed by atoms with Crippen molar-refractivity contribution in [2.24, 2.45) is 5.73 Å². The summed E-state index contributed by atoms with van der Waals surface area (Å²) in [5.41, 5.74) is 8.94. The van der Waals surface area contributed by atoms with Crippen LogP contribution in [0.15, 0.2) is 12.1 Å². The second kappa shape index (κ2) is 5.73. The van der Waals surface area contributed by atoms with Gasteiger partial charge in [-0.2, -0.15) is 0 Å². The van der Waals surface area contributed by atoms with E-state index < -0.39 is 0 Å². The van der Waals surface area contributed by atoms with E-state index >= 15 is 0 Å². The van der Waals surface area contributed by atoms with Crippen LogP contribution in [0, 0.1) is 13.8 Å². The molecule has 0 saturated carbocycles. The average molecular weight is 209 g/mol. The van der Waals surface area contributed by atoms with Gasteiger partial charge in [-0.05, 0) is 37.5 Å². The van der Waals surface area contributed by atoms with E-state index in [-0.39, 0.29) is 0 Å². The lowest BCUT2D eigenvalue weighted by Crippen LogP contribution is -2.06. The molecule has 1 aromatic carbocycles. The molecular weight excluding hydrogens is 190 g/mol. The summed E-state index contributed by atoms with van der Waals surface area (Å²) in [5.74, 6) is 0.903. The Kier molecular flexibility index (Phi) is 4.59. The Balaban J connectivity index is 2.79. The molecule has 0 aromatic heterocycles. The molecule has 0 spiro atoms. The van der Waals surface area contributed by atoms with Crippen LogP contribution in [-0.4, -0.2) is 13.4 Å². The zero-order valence-corrected chi connectivity index (χ0v) is 9.67. The van der Waals surface area contributed by atoms with Crippen LogP contribution >= 0.6 is 0 Å². The largest absolute Gasteiger partial charge is 0.467 e. The van der Waals surface area contributed by atoms with Crippen LogP contribution in [0.3, 0.4) is 0 Å². The Hall–Kier alpha value is -1.06. The van der Waals surface area contributed by atoms with Gasteiger partial charge in [0, 0.05) is 13.2 Å². The molecule has 0 bridgehead atoms. The Bertz CT molecular complexity index is 300. The van der Waals surface area contributed by atoms with Crippen LogP contribution < -0.4 is 10.5 Å². The molecule has 0 atom stereocenters. The van der Waals surface area contributed by atoms with Crippen molar-refractivity contribution in [1.29, 1.82) is 0 Å². The molecule has 3 nitrogen and oxygen atoms in total. The Morgan fingerprint density at radius 3 is 2.27 bits per heavy atom. The van der Waals surface area contributed by atoms with Gasteiger partial charge in [0.25, 0.3) is 0 Å². The van der Waals surface area contributed by atoms with Crippen LogP contribution in [0.2, 0.25) is 0 Å². The molecule has 0 unspecified atom stereocenters. The summed E-state index contributed by atoms with van der Waals surface area (Å²) in [5, 5.41) is 0. The van der Waals surface area contributed by atoms with Crippen molar-refractivity contribution < 1.29 is 9.47 Å². The zero-order valence-electron chi connectivity index (χ0n) is 9.67. The van der Waals surface area contributed by atoms with E-state index in [9.17, 15) is 0 Å². The van der Waals surface area contributed by atoms with Crippen LogP contribution in [0.25, 0.3) is 0 Å². The maximum absolute atomic E-state index is 5.59. The Labute approximate surface area is 91.2 Å². The highest BCUT2D eigenvalue weighted by Crippen LogP contribution is 2.24. The smallest absolute Gasteiger partial charge is 0.189 e. The van der Waals surface area contributed by atoms with Gasteiger partial charge in [0.1, 0.15) is 5.75 Å². The summed E-state index contributed by atoms with van der Waals surface area (Å²) in [6, 6.07) is 4.10. The summed E-state index contributed by atoms with van der Waals surface area (Å²) < 4.78 is 10.7. The third-order valence-corrected chi connectivity index (χ3v) is 2.25. The normalized spacial score (nSPS) is 10.4. The predicted octanol–water partition coefficient (Wildman–Crippen LogP) is 2.13. The van der Waals surface area contributed by atoms with Crippen molar-refractivity contribution in [3.8, 4) is 5.75 Å².